The van der Waals surface area contributed by atoms with E-state index in [0.717, 1.165) is 0 Å². The van der Waals surface area contributed by atoms with E-state index in [-0.39, 0.29) is 5.82 Å². The second-order valence-electron chi connectivity index (χ2n) is 6.63. The first-order valence-corrected chi connectivity index (χ1v) is 9.85. The van der Waals surface area contributed by atoms with Crippen LogP contribution in [0.3, 0.4) is 0 Å². The van der Waals surface area contributed by atoms with E-state index in [1.807, 2.05) is 11.0 Å². The van der Waals surface area contributed by atoms with Gasteiger partial charge in [0.25, 0.3) is 0 Å². The Morgan fingerprint density at radius 1 is 0.966 bits per heavy atom. The lowest BCUT2D eigenvalue weighted by molar-refractivity contribution is 0.596. The molecule has 2 heterocycles. The average Bonchev–Trinajstić information content (AvgIpc) is 2.72. The van der Waals surface area contributed by atoms with Crippen LogP contribution in [0.1, 0.15) is 0 Å². The zero-order chi connectivity index (χ0) is 20.4. The Morgan fingerprint density at radius 3 is 2.41 bits per heavy atom. The highest BCUT2D eigenvalue weighted by atomic mass is 35.5. The van der Waals surface area contributed by atoms with Gasteiger partial charge < -0.3 is 20.9 Å². The van der Waals surface area contributed by atoms with Crippen molar-refractivity contribution in [2.75, 3.05) is 47.0 Å². The number of hydrogen-bond donors (Lipinski definition) is 2. The molecule has 6 nitrogen and oxygen atoms in total. The molecule has 0 unspecified atom stereocenters. The van der Waals surface area contributed by atoms with Crippen LogP contribution in [0.15, 0.2) is 48.8 Å². The molecule has 2 aromatic carbocycles. The summed E-state index contributed by atoms with van der Waals surface area (Å²) in [6.07, 6.45) is 1.46. The number of rotatable bonds is 4. The second-order valence-corrected chi connectivity index (χ2v) is 7.48. The maximum absolute atomic E-state index is 14.1. The van der Waals surface area contributed by atoms with E-state index in [4.69, 9.17) is 28.9 Å². The summed E-state index contributed by atoms with van der Waals surface area (Å²) in [6, 6.07) is 11.9. The Hall–Kier alpha value is -2.77. The minimum Gasteiger partial charge on any atom is -0.393 e. The van der Waals surface area contributed by atoms with Gasteiger partial charge in [-0.05, 0) is 30.3 Å². The van der Waals surface area contributed by atoms with E-state index in [1.54, 1.807) is 30.3 Å². The smallest absolute Gasteiger partial charge is 0.159 e. The van der Waals surface area contributed by atoms with Crippen molar-refractivity contribution in [2.24, 2.45) is 0 Å². The highest BCUT2D eigenvalue weighted by Gasteiger charge is 2.23. The predicted molar refractivity (Wildman–Crippen MR) is 117 cm³/mol. The molecule has 1 aliphatic rings. The lowest BCUT2D eigenvalue weighted by Gasteiger charge is -2.37. The van der Waals surface area contributed by atoms with Gasteiger partial charge in [-0.15, -0.1) is 0 Å². The second kappa shape index (κ2) is 8.31. The highest BCUT2D eigenvalue weighted by molar-refractivity contribution is 6.36. The molecule has 9 heteroatoms. The number of halogens is 3. The highest BCUT2D eigenvalue weighted by Crippen LogP contribution is 2.33. The lowest BCUT2D eigenvalue weighted by Crippen LogP contribution is -2.47. The van der Waals surface area contributed by atoms with Crippen molar-refractivity contribution in [1.82, 2.24) is 9.97 Å². The van der Waals surface area contributed by atoms with Gasteiger partial charge in [-0.1, -0.05) is 35.3 Å². The maximum Gasteiger partial charge on any atom is 0.159 e. The summed E-state index contributed by atoms with van der Waals surface area (Å²) in [5.74, 6) is 0.894. The summed E-state index contributed by atoms with van der Waals surface area (Å²) in [4.78, 5) is 12.7. The van der Waals surface area contributed by atoms with E-state index in [2.05, 4.69) is 20.2 Å². The minimum atomic E-state index is -0.214. The van der Waals surface area contributed by atoms with Crippen molar-refractivity contribution >= 4 is 51.9 Å². The molecule has 150 valence electrons. The van der Waals surface area contributed by atoms with Crippen molar-refractivity contribution in [3.05, 3.63) is 64.7 Å². The van der Waals surface area contributed by atoms with Gasteiger partial charge in [-0.3, -0.25) is 0 Å². The number of aromatic nitrogens is 2. The first-order chi connectivity index (χ1) is 14.0. The number of nitrogen functional groups attached to an aromatic ring is 1. The van der Waals surface area contributed by atoms with E-state index >= 15 is 0 Å². The van der Waals surface area contributed by atoms with E-state index in [0.29, 0.717) is 64.9 Å². The van der Waals surface area contributed by atoms with Gasteiger partial charge >= 0.3 is 0 Å². The zero-order valence-electron chi connectivity index (χ0n) is 15.4. The first kappa shape index (κ1) is 19.5. The van der Waals surface area contributed by atoms with Crippen LogP contribution < -0.4 is 20.9 Å². The predicted octanol–water partition coefficient (Wildman–Crippen LogP) is 4.57. The zero-order valence-corrected chi connectivity index (χ0v) is 17.0. The van der Waals surface area contributed by atoms with Crippen molar-refractivity contribution < 1.29 is 4.39 Å². The normalized spacial score (nSPS) is 14.2. The molecule has 0 spiro atoms. The molecular formula is C20H19Cl2FN6. The van der Waals surface area contributed by atoms with Crippen LogP contribution in [0.25, 0.3) is 0 Å². The van der Waals surface area contributed by atoms with Crippen LogP contribution in [0, 0.1) is 5.82 Å². The van der Waals surface area contributed by atoms with Gasteiger partial charge in [0.05, 0.1) is 16.4 Å². The molecule has 3 N–H and O–H groups in total. The van der Waals surface area contributed by atoms with Gasteiger partial charge in [-0.25, -0.2) is 14.4 Å². The Bertz CT molecular complexity index is 1020. The summed E-state index contributed by atoms with van der Waals surface area (Å²) in [5.41, 5.74) is 8.03. The lowest BCUT2D eigenvalue weighted by atomic mass is 10.2. The number of nitrogens with zero attached hydrogens (tertiary/aromatic N) is 4. The fourth-order valence-corrected chi connectivity index (χ4v) is 3.78. The molecule has 1 aromatic heterocycles. The van der Waals surface area contributed by atoms with E-state index < -0.39 is 0 Å². The van der Waals surface area contributed by atoms with Crippen LogP contribution >= 0.6 is 23.2 Å². The van der Waals surface area contributed by atoms with Gasteiger partial charge in [0.1, 0.15) is 17.8 Å². The minimum absolute atomic E-state index is 0.214. The molecule has 0 amide bonds. The molecule has 1 saturated heterocycles. The van der Waals surface area contributed by atoms with E-state index in [9.17, 15) is 4.39 Å². The third-order valence-electron chi connectivity index (χ3n) is 4.82. The van der Waals surface area contributed by atoms with Crippen molar-refractivity contribution in [3.63, 3.8) is 0 Å². The third kappa shape index (κ3) is 4.16. The number of anilines is 5. The molecule has 1 aliphatic heterocycles. The molecule has 1 fully saturated rings. The van der Waals surface area contributed by atoms with Gasteiger partial charge in [0.2, 0.25) is 0 Å². The first-order valence-electron chi connectivity index (χ1n) is 9.10. The summed E-state index contributed by atoms with van der Waals surface area (Å²) in [7, 11) is 0. The number of piperazine rings is 1. The molecular weight excluding hydrogens is 414 g/mol. The molecule has 3 aromatic rings. The summed E-state index contributed by atoms with van der Waals surface area (Å²) in [5, 5.41) is 4.15. The van der Waals surface area contributed by atoms with Crippen LogP contribution in [0.5, 0.6) is 0 Å². The fraction of sp³-hybridized carbons (Fsp3) is 0.200. The van der Waals surface area contributed by atoms with Gasteiger partial charge in [-0.2, -0.15) is 0 Å². The largest absolute Gasteiger partial charge is 0.393 e. The molecule has 0 radical (unpaired) electrons. The maximum atomic E-state index is 14.1. The Kier molecular flexibility index (Phi) is 5.60. The third-order valence-corrected chi connectivity index (χ3v) is 5.37. The number of nitrogens with two attached hydrogens (primary N) is 1. The quantitative estimate of drug-likeness (QED) is 0.628. The molecule has 4 rings (SSSR count). The number of para-hydroxylation sites is 1. The van der Waals surface area contributed by atoms with Gasteiger partial charge in [0.15, 0.2) is 11.6 Å². The van der Waals surface area contributed by atoms with Crippen LogP contribution in [-0.2, 0) is 0 Å². The number of hydrogen-bond acceptors (Lipinski definition) is 6. The summed E-state index contributed by atoms with van der Waals surface area (Å²) < 4.78 is 14.1. The SMILES string of the molecule is Nc1c(Nc2ccc(Cl)cc2Cl)ncnc1N1CCN(c2ccccc2F)CC1. The number of nitrogens with one attached hydrogen (secondary N) is 1. The monoisotopic (exact) mass is 432 g/mol. The fourth-order valence-electron chi connectivity index (χ4n) is 3.32. The topological polar surface area (TPSA) is 70.3 Å². The van der Waals surface area contributed by atoms with Crippen molar-refractivity contribution in [3.8, 4) is 0 Å². The van der Waals surface area contributed by atoms with Crippen molar-refractivity contribution in [1.29, 1.82) is 0 Å². The Morgan fingerprint density at radius 2 is 1.69 bits per heavy atom. The number of benzene rings is 2. The van der Waals surface area contributed by atoms with Crippen LogP contribution in [0.2, 0.25) is 10.0 Å². The van der Waals surface area contributed by atoms with Crippen LogP contribution in [-0.4, -0.2) is 36.1 Å². The van der Waals surface area contributed by atoms with Crippen LogP contribution in [0.4, 0.5) is 33.1 Å². The van der Waals surface area contributed by atoms with E-state index in [1.165, 1.54) is 12.4 Å². The standard InChI is InChI=1S/C20H19Cl2FN6/c21-13-5-6-16(14(22)11-13)27-19-18(24)20(26-12-25-19)29-9-7-28(8-10-29)17-4-2-1-3-15(17)23/h1-6,11-12H,7-10,24H2,(H,25,26,27). The molecule has 0 atom stereocenters. The molecule has 0 aliphatic carbocycles. The van der Waals surface area contributed by atoms with Gasteiger partial charge in [0, 0.05) is 31.2 Å². The Labute approximate surface area is 178 Å². The van der Waals surface area contributed by atoms with Crippen molar-refractivity contribution in [2.45, 2.75) is 0 Å². The Balaban J connectivity index is 1.50. The summed E-state index contributed by atoms with van der Waals surface area (Å²) >= 11 is 12.2. The summed E-state index contributed by atoms with van der Waals surface area (Å²) in [6.45, 7) is 2.65. The average molecular weight is 433 g/mol. The molecule has 29 heavy (non-hydrogen) atoms. The molecule has 0 bridgehead atoms. The molecule has 0 saturated carbocycles.